The highest BCUT2D eigenvalue weighted by Gasteiger charge is 2.19. The number of carbonyl (C=O) groups is 1. The topological polar surface area (TPSA) is 110 Å². The minimum atomic E-state index is -0.807. The predicted octanol–water partition coefficient (Wildman–Crippen LogP) is 5.78. The highest BCUT2D eigenvalue weighted by Crippen LogP contribution is 2.40. The zero-order chi connectivity index (χ0) is 20.4. The predicted molar refractivity (Wildman–Crippen MR) is 108 cm³/mol. The van der Waals surface area contributed by atoms with E-state index in [2.05, 4.69) is 32.7 Å². The highest BCUT2D eigenvalue weighted by atomic mass is 79.9. The van der Waals surface area contributed by atoms with E-state index in [1.165, 1.54) is 12.1 Å². The van der Waals surface area contributed by atoms with Crippen molar-refractivity contribution in [2.75, 3.05) is 0 Å². The number of hydrogen-bond acceptors (Lipinski definition) is 5. The van der Waals surface area contributed by atoms with Gasteiger partial charge in [0.2, 0.25) is 5.88 Å². The summed E-state index contributed by atoms with van der Waals surface area (Å²) in [6, 6.07) is 8.91. The van der Waals surface area contributed by atoms with Gasteiger partial charge in [0.25, 0.3) is 11.6 Å². The van der Waals surface area contributed by atoms with Crippen LogP contribution in [0, 0.1) is 10.1 Å². The van der Waals surface area contributed by atoms with Crippen LogP contribution in [0.1, 0.15) is 10.4 Å². The Labute approximate surface area is 172 Å². The highest BCUT2D eigenvalue weighted by molar-refractivity contribution is 9.10. The van der Waals surface area contributed by atoms with Crippen LogP contribution in [0.25, 0.3) is 10.9 Å². The molecule has 8 nitrogen and oxygen atoms in total. The lowest BCUT2D eigenvalue weighted by molar-refractivity contribution is -0.384. The average molecular weight is 464 g/mol. The molecule has 0 spiro atoms. The molecule has 28 heavy (non-hydrogen) atoms. The van der Waals surface area contributed by atoms with Gasteiger partial charge in [-0.05, 0) is 30.3 Å². The largest absolute Gasteiger partial charge is 0.493 e. The zero-order valence-electron chi connectivity index (χ0n) is 14.2. The van der Waals surface area contributed by atoms with E-state index in [1.807, 2.05) is 0 Å². The van der Waals surface area contributed by atoms with Gasteiger partial charge >= 0.3 is 0 Å². The molecule has 10 heteroatoms. The second-order valence-electron chi connectivity index (χ2n) is 5.66. The summed E-state index contributed by atoms with van der Waals surface area (Å²) < 4.78 is 2.33. The van der Waals surface area contributed by atoms with E-state index in [1.54, 1.807) is 28.8 Å². The number of azo groups is 1. The number of carbonyl (C=O) groups excluding carboxylic acids is 1. The summed E-state index contributed by atoms with van der Waals surface area (Å²) in [6.45, 7) is 3.99. The lowest BCUT2D eigenvalue weighted by Gasteiger charge is -2.02. The molecule has 1 N–H and O–H groups in total. The Balaban J connectivity index is 2.04. The molecule has 0 aliphatic heterocycles. The second-order valence-corrected chi connectivity index (χ2v) is 6.98. The number of nitro groups is 1. The molecule has 3 rings (SSSR count). The van der Waals surface area contributed by atoms with Crippen molar-refractivity contribution in [3.63, 3.8) is 0 Å². The molecule has 0 fully saturated rings. The first-order chi connectivity index (χ1) is 13.3. The Morgan fingerprint density at radius 2 is 2.11 bits per heavy atom. The third-order valence-electron chi connectivity index (χ3n) is 3.91. The molecule has 142 valence electrons. The van der Waals surface area contributed by atoms with Crippen LogP contribution in [0.15, 0.2) is 63.8 Å². The lowest BCUT2D eigenvalue weighted by atomic mass is 10.2. The Hall–Kier alpha value is -3.04. The van der Waals surface area contributed by atoms with Gasteiger partial charge in [-0.1, -0.05) is 33.6 Å². The van der Waals surface area contributed by atoms with Crippen molar-refractivity contribution in [1.82, 2.24) is 4.57 Å². The van der Waals surface area contributed by atoms with Gasteiger partial charge in [0.15, 0.2) is 5.69 Å². The summed E-state index contributed by atoms with van der Waals surface area (Å²) in [5, 5.41) is 29.5. The standard InChI is InChI=1S/C18H12BrClN4O4/c1-2-7-23-14-6-4-11(19)9-12(14)16(18(23)26)21-22-17(25)10-3-5-13(20)15(8-10)24(27)28/h2-6,8-9,26H,1,7H2. The minimum absolute atomic E-state index is 0.0460. The summed E-state index contributed by atoms with van der Waals surface area (Å²) in [7, 11) is 0. The number of aromatic hydroxyl groups is 1. The Morgan fingerprint density at radius 3 is 2.79 bits per heavy atom. The SMILES string of the molecule is C=CCn1c(O)c(N=NC(=O)c2ccc(Cl)c([N+](=O)[O-])c2)c2cc(Br)ccc21. The maximum Gasteiger partial charge on any atom is 0.295 e. The van der Waals surface area contributed by atoms with E-state index in [0.29, 0.717) is 17.4 Å². The van der Waals surface area contributed by atoms with Gasteiger partial charge in [-0.25, -0.2) is 0 Å². The smallest absolute Gasteiger partial charge is 0.295 e. The molecule has 0 aliphatic carbocycles. The van der Waals surface area contributed by atoms with Gasteiger partial charge in [0, 0.05) is 22.5 Å². The molecule has 0 saturated heterocycles. The first kappa shape index (κ1) is 19.7. The maximum absolute atomic E-state index is 12.3. The Morgan fingerprint density at radius 1 is 1.36 bits per heavy atom. The van der Waals surface area contributed by atoms with E-state index in [-0.39, 0.29) is 22.2 Å². The second kappa shape index (κ2) is 7.91. The van der Waals surface area contributed by atoms with Crippen LogP contribution in [0.3, 0.4) is 0 Å². The van der Waals surface area contributed by atoms with E-state index in [9.17, 15) is 20.0 Å². The average Bonchev–Trinajstić information content (AvgIpc) is 2.91. The number of benzene rings is 2. The van der Waals surface area contributed by atoms with Crippen LogP contribution in [-0.2, 0) is 6.54 Å². The van der Waals surface area contributed by atoms with E-state index >= 15 is 0 Å². The Kier molecular flexibility index (Phi) is 5.57. The van der Waals surface area contributed by atoms with Crippen molar-refractivity contribution in [2.45, 2.75) is 6.54 Å². The number of aromatic nitrogens is 1. The number of fused-ring (bicyclic) bond motifs is 1. The molecule has 2 aromatic carbocycles. The van der Waals surface area contributed by atoms with Gasteiger partial charge in [0.1, 0.15) is 5.02 Å². The summed E-state index contributed by atoms with van der Waals surface area (Å²) in [6.07, 6.45) is 1.61. The fourth-order valence-electron chi connectivity index (χ4n) is 2.65. The van der Waals surface area contributed by atoms with E-state index in [4.69, 9.17) is 11.6 Å². The van der Waals surface area contributed by atoms with Crippen LogP contribution in [-0.4, -0.2) is 20.5 Å². The summed E-state index contributed by atoms with van der Waals surface area (Å²) in [4.78, 5) is 22.6. The molecule has 3 aromatic rings. The molecule has 0 bridgehead atoms. The molecule has 0 atom stereocenters. The zero-order valence-corrected chi connectivity index (χ0v) is 16.5. The quantitative estimate of drug-likeness (QED) is 0.224. The van der Waals surface area contributed by atoms with Crippen molar-refractivity contribution in [1.29, 1.82) is 0 Å². The molecule has 0 radical (unpaired) electrons. The number of nitrogens with zero attached hydrogens (tertiary/aromatic N) is 4. The number of rotatable bonds is 5. The summed E-state index contributed by atoms with van der Waals surface area (Å²) in [5.74, 6) is -0.981. The van der Waals surface area contributed by atoms with Crippen molar-refractivity contribution >= 4 is 55.7 Å². The van der Waals surface area contributed by atoms with Crippen LogP contribution >= 0.6 is 27.5 Å². The number of hydrogen-bond donors (Lipinski definition) is 1. The summed E-state index contributed by atoms with van der Waals surface area (Å²) >= 11 is 9.10. The van der Waals surface area contributed by atoms with Crippen molar-refractivity contribution in [3.05, 3.63) is 74.2 Å². The van der Waals surface area contributed by atoms with E-state index in [0.717, 1.165) is 10.5 Å². The molecule has 1 amide bonds. The summed E-state index contributed by atoms with van der Waals surface area (Å²) in [5.41, 5.74) is 0.339. The van der Waals surface area contributed by atoms with Gasteiger partial charge in [0.05, 0.1) is 16.0 Å². The third-order valence-corrected chi connectivity index (χ3v) is 4.73. The van der Waals surface area contributed by atoms with Crippen LogP contribution in [0.4, 0.5) is 11.4 Å². The minimum Gasteiger partial charge on any atom is -0.493 e. The van der Waals surface area contributed by atoms with Crippen molar-refractivity contribution < 1.29 is 14.8 Å². The van der Waals surface area contributed by atoms with Gasteiger partial charge in [-0.3, -0.25) is 14.9 Å². The molecule has 1 heterocycles. The first-order valence-corrected chi connectivity index (χ1v) is 9.02. The molecule has 0 aliphatic rings. The third kappa shape index (κ3) is 3.67. The number of amides is 1. The van der Waals surface area contributed by atoms with Gasteiger partial charge in [-0.15, -0.1) is 16.8 Å². The van der Waals surface area contributed by atoms with Crippen LogP contribution < -0.4 is 0 Å². The fourth-order valence-corrected chi connectivity index (χ4v) is 3.19. The molecular weight excluding hydrogens is 452 g/mol. The number of halogens is 2. The molecular formula is C18H12BrClN4O4. The van der Waals surface area contributed by atoms with Crippen LogP contribution in [0.2, 0.25) is 5.02 Å². The van der Waals surface area contributed by atoms with Crippen molar-refractivity contribution in [3.8, 4) is 5.88 Å². The van der Waals surface area contributed by atoms with Gasteiger partial charge < -0.3 is 9.67 Å². The van der Waals surface area contributed by atoms with Crippen LogP contribution in [0.5, 0.6) is 5.88 Å². The molecule has 1 aromatic heterocycles. The first-order valence-electron chi connectivity index (χ1n) is 7.85. The Bertz CT molecular complexity index is 1160. The monoisotopic (exact) mass is 462 g/mol. The van der Waals surface area contributed by atoms with E-state index < -0.39 is 16.5 Å². The lowest BCUT2D eigenvalue weighted by Crippen LogP contribution is -1.97. The molecule has 0 unspecified atom stereocenters. The normalized spacial score (nSPS) is 11.2. The number of allylic oxidation sites excluding steroid dienone is 1. The van der Waals surface area contributed by atoms with Crippen molar-refractivity contribution in [2.24, 2.45) is 10.2 Å². The van der Waals surface area contributed by atoms with Gasteiger partial charge in [-0.2, -0.15) is 0 Å². The molecule has 0 saturated carbocycles. The fraction of sp³-hybridized carbons (Fsp3) is 0.0556. The maximum atomic E-state index is 12.3. The number of nitro benzene ring substituents is 1.